The van der Waals surface area contributed by atoms with Crippen LogP contribution >= 0.6 is 0 Å². The Morgan fingerprint density at radius 1 is 0.762 bits per heavy atom. The smallest absolute Gasteiger partial charge is 0.323 e. The Labute approximate surface area is 242 Å². The second-order valence-electron chi connectivity index (χ2n) is 9.83. The summed E-state index contributed by atoms with van der Waals surface area (Å²) < 4.78 is 5.58. The third-order valence-corrected chi connectivity index (χ3v) is 6.81. The van der Waals surface area contributed by atoms with Crippen LogP contribution < -0.4 is 20.9 Å². The van der Waals surface area contributed by atoms with Gasteiger partial charge in [0.25, 0.3) is 0 Å². The van der Waals surface area contributed by atoms with Crippen molar-refractivity contribution in [2.45, 2.75) is 6.92 Å². The first-order chi connectivity index (χ1) is 20.5. The molecule has 3 N–H and O–H groups in total. The highest BCUT2D eigenvalue weighted by atomic mass is 16.5. The summed E-state index contributed by atoms with van der Waals surface area (Å²) in [4.78, 5) is 40.4. The molecule has 1 aliphatic heterocycles. The molecule has 10 heteroatoms. The highest BCUT2D eigenvalue weighted by Crippen LogP contribution is 2.31. The number of morpholine rings is 1. The van der Waals surface area contributed by atoms with Crippen LogP contribution in [-0.2, 0) is 9.53 Å². The van der Waals surface area contributed by atoms with Crippen molar-refractivity contribution in [3.8, 4) is 22.6 Å². The van der Waals surface area contributed by atoms with Gasteiger partial charge in [-0.15, -0.1) is 0 Å². The van der Waals surface area contributed by atoms with E-state index in [9.17, 15) is 9.59 Å². The van der Waals surface area contributed by atoms with Gasteiger partial charge in [0.15, 0.2) is 5.82 Å². The van der Waals surface area contributed by atoms with Crippen molar-refractivity contribution in [2.24, 2.45) is 0 Å². The SMILES string of the molecule is CC(=O)Nc1ccc(NC(=O)Nc2ccc(-c3nc(N4CCOCC4)c4ccc(-c5ccccn5)cc4n3)cc2)cc1. The molecular formula is C32H29N7O3. The largest absolute Gasteiger partial charge is 0.378 e. The first-order valence-electron chi connectivity index (χ1n) is 13.6. The van der Waals surface area contributed by atoms with Gasteiger partial charge in [-0.25, -0.2) is 14.8 Å². The molecule has 42 heavy (non-hydrogen) atoms. The number of hydrogen-bond donors (Lipinski definition) is 3. The summed E-state index contributed by atoms with van der Waals surface area (Å²) in [5.74, 6) is 1.31. The molecule has 3 amide bonds. The molecule has 0 atom stereocenters. The van der Waals surface area contributed by atoms with E-state index in [2.05, 4.69) is 44.0 Å². The predicted octanol–water partition coefficient (Wildman–Crippen LogP) is 5.80. The zero-order chi connectivity index (χ0) is 28.9. The highest BCUT2D eigenvalue weighted by Gasteiger charge is 2.19. The molecule has 6 rings (SSSR count). The lowest BCUT2D eigenvalue weighted by Crippen LogP contribution is -2.37. The Morgan fingerprint density at radius 3 is 2.05 bits per heavy atom. The van der Waals surface area contributed by atoms with Gasteiger partial charge in [0.05, 0.1) is 24.4 Å². The second-order valence-corrected chi connectivity index (χ2v) is 9.83. The minimum Gasteiger partial charge on any atom is -0.378 e. The van der Waals surface area contributed by atoms with Gasteiger partial charge < -0.3 is 25.6 Å². The molecule has 0 radical (unpaired) electrons. The number of urea groups is 1. The van der Waals surface area contributed by atoms with Crippen LogP contribution in [0.5, 0.6) is 0 Å². The number of nitrogens with one attached hydrogen (secondary N) is 3. The van der Waals surface area contributed by atoms with Crippen LogP contribution in [0.2, 0.25) is 0 Å². The summed E-state index contributed by atoms with van der Waals surface area (Å²) in [6.07, 6.45) is 1.78. The van der Waals surface area contributed by atoms with Gasteiger partial charge >= 0.3 is 6.03 Å². The maximum Gasteiger partial charge on any atom is 0.323 e. The third kappa shape index (κ3) is 6.18. The van der Waals surface area contributed by atoms with E-state index < -0.39 is 0 Å². The lowest BCUT2D eigenvalue weighted by molar-refractivity contribution is -0.114. The van der Waals surface area contributed by atoms with Crippen LogP contribution in [0, 0.1) is 0 Å². The van der Waals surface area contributed by atoms with Crippen molar-refractivity contribution in [2.75, 3.05) is 47.2 Å². The lowest BCUT2D eigenvalue weighted by Gasteiger charge is -2.29. The molecule has 0 saturated carbocycles. The third-order valence-electron chi connectivity index (χ3n) is 6.81. The van der Waals surface area contributed by atoms with Crippen molar-refractivity contribution in [3.63, 3.8) is 0 Å². The van der Waals surface area contributed by atoms with Gasteiger partial charge in [0.2, 0.25) is 5.91 Å². The van der Waals surface area contributed by atoms with Crippen molar-refractivity contribution in [1.82, 2.24) is 15.0 Å². The Kier molecular flexibility index (Phi) is 7.69. The van der Waals surface area contributed by atoms with Crippen molar-refractivity contribution in [3.05, 3.63) is 91.1 Å². The summed E-state index contributed by atoms with van der Waals surface area (Å²) in [5.41, 5.74) is 5.40. The van der Waals surface area contributed by atoms with Crippen molar-refractivity contribution in [1.29, 1.82) is 0 Å². The number of anilines is 4. The predicted molar refractivity (Wildman–Crippen MR) is 165 cm³/mol. The topological polar surface area (TPSA) is 121 Å². The number of amides is 3. The Morgan fingerprint density at radius 2 is 1.40 bits per heavy atom. The summed E-state index contributed by atoms with van der Waals surface area (Å²) in [6.45, 7) is 4.24. The molecule has 10 nitrogen and oxygen atoms in total. The Balaban J connectivity index is 1.24. The molecule has 3 aromatic carbocycles. The molecule has 210 valence electrons. The molecular weight excluding hydrogens is 530 g/mol. The standard InChI is InChI=1S/C32H29N7O3/c1-21(40)34-24-10-12-26(13-11-24)36-32(41)35-25-8-5-22(6-9-25)30-37-29-20-23(28-4-2-3-15-33-28)7-14-27(29)31(38-30)39-16-18-42-19-17-39/h2-15,20H,16-19H2,1H3,(H,34,40)(H2,35,36,41). The lowest BCUT2D eigenvalue weighted by atomic mass is 10.1. The summed E-state index contributed by atoms with van der Waals surface area (Å²) in [7, 11) is 0. The van der Waals surface area contributed by atoms with E-state index >= 15 is 0 Å². The molecule has 5 aromatic rings. The first kappa shape index (κ1) is 26.9. The van der Waals surface area contributed by atoms with Gasteiger partial charge in [-0.3, -0.25) is 9.78 Å². The number of carbonyl (C=O) groups excluding carboxylic acids is 2. The van der Waals surface area contributed by atoms with E-state index in [1.54, 1.807) is 30.5 Å². The summed E-state index contributed by atoms with van der Waals surface area (Å²) in [5, 5.41) is 9.31. The fourth-order valence-corrected chi connectivity index (χ4v) is 4.79. The van der Waals surface area contributed by atoms with Crippen LogP contribution in [-0.4, -0.2) is 53.2 Å². The molecule has 0 unspecified atom stereocenters. The van der Waals surface area contributed by atoms with Crippen LogP contribution in [0.4, 0.5) is 27.7 Å². The Bertz CT molecular complexity index is 1720. The fourth-order valence-electron chi connectivity index (χ4n) is 4.79. The van der Waals surface area contributed by atoms with E-state index in [1.165, 1.54) is 6.92 Å². The first-order valence-corrected chi connectivity index (χ1v) is 13.6. The molecule has 2 aromatic heterocycles. The number of rotatable bonds is 6. The average molecular weight is 560 g/mol. The molecule has 1 saturated heterocycles. The maximum absolute atomic E-state index is 12.6. The molecule has 0 aliphatic carbocycles. The fraction of sp³-hybridized carbons (Fsp3) is 0.156. The number of pyridine rings is 1. The quantitative estimate of drug-likeness (QED) is 0.240. The van der Waals surface area contributed by atoms with E-state index in [0.29, 0.717) is 36.1 Å². The van der Waals surface area contributed by atoms with Crippen LogP contribution in [0.25, 0.3) is 33.5 Å². The normalized spacial score (nSPS) is 13.0. The number of benzene rings is 3. The number of fused-ring (bicyclic) bond motifs is 1. The molecule has 3 heterocycles. The van der Waals surface area contributed by atoms with Gasteiger partial charge in [0, 0.05) is 59.8 Å². The summed E-state index contributed by atoms with van der Waals surface area (Å²) in [6, 6.07) is 25.9. The minimum atomic E-state index is -0.381. The van der Waals surface area contributed by atoms with E-state index in [0.717, 1.165) is 46.6 Å². The van der Waals surface area contributed by atoms with Gasteiger partial charge in [-0.2, -0.15) is 0 Å². The molecule has 1 aliphatic rings. The van der Waals surface area contributed by atoms with Crippen molar-refractivity contribution < 1.29 is 14.3 Å². The number of nitrogens with zero attached hydrogens (tertiary/aromatic N) is 4. The zero-order valence-electron chi connectivity index (χ0n) is 23.0. The Hall–Kier alpha value is -5.35. The second kappa shape index (κ2) is 12.0. The van der Waals surface area contributed by atoms with Crippen LogP contribution in [0.3, 0.4) is 0 Å². The molecule has 1 fully saturated rings. The monoisotopic (exact) mass is 559 g/mol. The van der Waals surface area contributed by atoms with E-state index in [-0.39, 0.29) is 11.9 Å². The van der Waals surface area contributed by atoms with Crippen molar-refractivity contribution >= 4 is 45.7 Å². The maximum atomic E-state index is 12.6. The zero-order valence-corrected chi connectivity index (χ0v) is 23.0. The van der Waals surface area contributed by atoms with Gasteiger partial charge in [0.1, 0.15) is 5.82 Å². The van der Waals surface area contributed by atoms with Gasteiger partial charge in [-0.1, -0.05) is 12.1 Å². The average Bonchev–Trinajstić information content (AvgIpc) is 3.02. The molecule has 0 spiro atoms. The van der Waals surface area contributed by atoms with Crippen LogP contribution in [0.15, 0.2) is 91.1 Å². The molecule has 0 bridgehead atoms. The number of hydrogen-bond acceptors (Lipinski definition) is 7. The number of aromatic nitrogens is 3. The van der Waals surface area contributed by atoms with Crippen LogP contribution in [0.1, 0.15) is 6.92 Å². The number of carbonyl (C=O) groups is 2. The van der Waals surface area contributed by atoms with E-state index in [4.69, 9.17) is 14.7 Å². The summed E-state index contributed by atoms with van der Waals surface area (Å²) >= 11 is 0. The minimum absolute atomic E-state index is 0.155. The number of ether oxygens (including phenoxy) is 1. The highest BCUT2D eigenvalue weighted by molar-refractivity contribution is 6.00. The van der Waals surface area contributed by atoms with Gasteiger partial charge in [-0.05, 0) is 72.8 Å². The van der Waals surface area contributed by atoms with E-state index in [1.807, 2.05) is 42.5 Å².